The first kappa shape index (κ1) is 14.4. The molecule has 0 atom stereocenters. The fourth-order valence-corrected chi connectivity index (χ4v) is 2.72. The summed E-state index contributed by atoms with van der Waals surface area (Å²) in [6.45, 7) is 0. The topological polar surface area (TPSA) is 107 Å². The van der Waals surface area contributed by atoms with Crippen LogP contribution < -0.4 is 10.6 Å². The molecule has 5 rings (SSSR count). The van der Waals surface area contributed by atoms with Gasteiger partial charge in [0.1, 0.15) is 0 Å². The first-order valence-corrected chi connectivity index (χ1v) is 8.09. The van der Waals surface area contributed by atoms with Gasteiger partial charge >= 0.3 is 0 Å². The van der Waals surface area contributed by atoms with Crippen LogP contribution in [0.5, 0.6) is 0 Å². The molecule has 126 valence electrons. The highest BCUT2D eigenvalue weighted by Gasteiger charge is 2.05. The normalized spacial score (nSPS) is 11.1. The molecule has 26 heavy (non-hydrogen) atoms. The summed E-state index contributed by atoms with van der Waals surface area (Å²) in [7, 11) is 0. The Balaban J connectivity index is 1.33. The van der Waals surface area contributed by atoms with E-state index in [0.29, 0.717) is 23.2 Å². The minimum absolute atomic E-state index is 0.655. The first-order valence-electron chi connectivity index (χ1n) is 8.09. The number of hydrogen-bond donors (Lipinski definition) is 4. The SMILES string of the molecule is c1cnc2nc(Nc3ccc(Nc4nc5ncccc5[nH]4)cc3)[nH]c2c1. The number of H-pyrrole nitrogens is 2. The molecule has 1 aromatic carbocycles. The molecule has 8 nitrogen and oxygen atoms in total. The maximum absolute atomic E-state index is 4.41. The van der Waals surface area contributed by atoms with Crippen molar-refractivity contribution < 1.29 is 0 Å². The average molecular weight is 342 g/mol. The summed E-state index contributed by atoms with van der Waals surface area (Å²) in [5.74, 6) is 1.31. The molecule has 4 heterocycles. The van der Waals surface area contributed by atoms with Crippen molar-refractivity contribution in [2.24, 2.45) is 0 Å². The Bertz CT molecular complexity index is 1030. The largest absolute Gasteiger partial charge is 0.326 e. The Kier molecular flexibility index (Phi) is 3.24. The molecule has 0 spiro atoms. The minimum atomic E-state index is 0.655. The van der Waals surface area contributed by atoms with Crippen LogP contribution in [0.1, 0.15) is 0 Å². The Labute approximate surface area is 147 Å². The molecular weight excluding hydrogens is 328 g/mol. The lowest BCUT2D eigenvalue weighted by molar-refractivity contribution is 1.28. The van der Waals surface area contributed by atoms with Gasteiger partial charge in [-0.3, -0.25) is 0 Å². The number of anilines is 4. The highest BCUT2D eigenvalue weighted by Crippen LogP contribution is 2.21. The number of hydrogen-bond acceptors (Lipinski definition) is 6. The number of imidazole rings is 2. The molecule has 0 saturated heterocycles. The summed E-state index contributed by atoms with van der Waals surface area (Å²) in [6.07, 6.45) is 3.45. The molecule has 4 N–H and O–H groups in total. The predicted octanol–water partition coefficient (Wildman–Crippen LogP) is 3.72. The van der Waals surface area contributed by atoms with Crippen molar-refractivity contribution in [3.8, 4) is 0 Å². The number of fused-ring (bicyclic) bond motifs is 2. The van der Waals surface area contributed by atoms with Crippen LogP contribution in [0.25, 0.3) is 22.3 Å². The van der Waals surface area contributed by atoms with Crippen molar-refractivity contribution >= 4 is 45.6 Å². The molecule has 4 aromatic heterocycles. The summed E-state index contributed by atoms with van der Waals surface area (Å²) >= 11 is 0. The van der Waals surface area contributed by atoms with Crippen molar-refractivity contribution in [2.75, 3.05) is 10.6 Å². The van der Waals surface area contributed by atoms with Gasteiger partial charge in [-0.2, -0.15) is 9.97 Å². The Morgan fingerprint density at radius 1 is 0.615 bits per heavy atom. The van der Waals surface area contributed by atoms with Gasteiger partial charge in [-0.25, -0.2) is 9.97 Å². The number of benzene rings is 1. The van der Waals surface area contributed by atoms with Gasteiger partial charge in [0.2, 0.25) is 11.9 Å². The number of nitrogens with zero attached hydrogens (tertiary/aromatic N) is 4. The van der Waals surface area contributed by atoms with Crippen LogP contribution in [0, 0.1) is 0 Å². The van der Waals surface area contributed by atoms with Gasteiger partial charge in [-0.05, 0) is 48.5 Å². The predicted molar refractivity (Wildman–Crippen MR) is 101 cm³/mol. The fourth-order valence-electron chi connectivity index (χ4n) is 2.72. The number of rotatable bonds is 4. The standard InChI is InChI=1S/C18H14N8/c1-3-13-15(19-9-1)25-17(23-13)21-11-5-7-12(8-6-11)22-18-24-14-4-2-10-20-16(14)26-18/h1-10H,(H2,19,21,23,25)(H2,20,22,24,26). The van der Waals surface area contributed by atoms with Crippen LogP contribution in [0.15, 0.2) is 60.9 Å². The van der Waals surface area contributed by atoms with E-state index in [1.165, 1.54) is 0 Å². The van der Waals surface area contributed by atoms with Crippen molar-refractivity contribution in [3.63, 3.8) is 0 Å². The molecule has 5 aromatic rings. The fraction of sp³-hybridized carbons (Fsp3) is 0. The van der Waals surface area contributed by atoms with Crippen molar-refractivity contribution in [2.45, 2.75) is 0 Å². The highest BCUT2D eigenvalue weighted by molar-refractivity contribution is 5.76. The highest BCUT2D eigenvalue weighted by atomic mass is 15.1. The molecule has 0 aliphatic carbocycles. The molecular formula is C18H14N8. The summed E-state index contributed by atoms with van der Waals surface area (Å²) in [5.41, 5.74) is 5.00. The third-order valence-corrected chi connectivity index (χ3v) is 3.93. The van der Waals surface area contributed by atoms with Gasteiger partial charge in [0.05, 0.1) is 11.0 Å². The number of aromatic nitrogens is 6. The zero-order valence-corrected chi connectivity index (χ0v) is 13.6. The lowest BCUT2D eigenvalue weighted by Gasteiger charge is -2.05. The van der Waals surface area contributed by atoms with E-state index in [1.807, 2.05) is 48.5 Å². The van der Waals surface area contributed by atoms with Gasteiger partial charge in [0.15, 0.2) is 11.3 Å². The molecule has 0 saturated carbocycles. The van der Waals surface area contributed by atoms with Crippen molar-refractivity contribution in [1.82, 2.24) is 29.9 Å². The van der Waals surface area contributed by atoms with E-state index >= 15 is 0 Å². The monoisotopic (exact) mass is 342 g/mol. The van der Waals surface area contributed by atoms with E-state index in [0.717, 1.165) is 22.4 Å². The quantitative estimate of drug-likeness (QED) is 0.396. The molecule has 0 fully saturated rings. The van der Waals surface area contributed by atoms with Gasteiger partial charge in [0, 0.05) is 23.8 Å². The molecule has 0 aliphatic heterocycles. The first-order chi connectivity index (χ1) is 12.8. The zero-order chi connectivity index (χ0) is 17.3. The van der Waals surface area contributed by atoms with Gasteiger partial charge in [0.25, 0.3) is 0 Å². The van der Waals surface area contributed by atoms with Crippen molar-refractivity contribution in [3.05, 3.63) is 60.9 Å². The van der Waals surface area contributed by atoms with E-state index in [9.17, 15) is 0 Å². The molecule has 0 radical (unpaired) electrons. The third-order valence-electron chi connectivity index (χ3n) is 3.93. The van der Waals surface area contributed by atoms with Crippen LogP contribution in [-0.4, -0.2) is 29.9 Å². The Morgan fingerprint density at radius 3 is 1.50 bits per heavy atom. The van der Waals surface area contributed by atoms with E-state index in [2.05, 4.69) is 40.5 Å². The number of aromatic amines is 2. The Hall–Kier alpha value is -3.94. The smallest absolute Gasteiger partial charge is 0.207 e. The Morgan fingerprint density at radius 2 is 1.08 bits per heavy atom. The maximum Gasteiger partial charge on any atom is 0.207 e. The lowest BCUT2D eigenvalue weighted by atomic mass is 10.3. The van der Waals surface area contributed by atoms with Gasteiger partial charge in [-0.1, -0.05) is 0 Å². The van der Waals surface area contributed by atoms with E-state index in [4.69, 9.17) is 0 Å². The van der Waals surface area contributed by atoms with Crippen molar-refractivity contribution in [1.29, 1.82) is 0 Å². The number of pyridine rings is 2. The molecule has 0 aliphatic rings. The van der Waals surface area contributed by atoms with E-state index in [-0.39, 0.29) is 0 Å². The third kappa shape index (κ3) is 2.69. The summed E-state index contributed by atoms with van der Waals surface area (Å²) < 4.78 is 0. The number of nitrogens with one attached hydrogen (secondary N) is 4. The molecule has 0 unspecified atom stereocenters. The molecule has 8 heteroatoms. The van der Waals surface area contributed by atoms with Crippen LogP contribution in [0.4, 0.5) is 23.3 Å². The zero-order valence-electron chi connectivity index (χ0n) is 13.6. The minimum Gasteiger partial charge on any atom is -0.326 e. The van der Waals surface area contributed by atoms with Gasteiger partial charge in [-0.15, -0.1) is 0 Å². The van der Waals surface area contributed by atoms with Crippen LogP contribution in [-0.2, 0) is 0 Å². The lowest BCUT2D eigenvalue weighted by Crippen LogP contribution is -1.94. The van der Waals surface area contributed by atoms with Crippen LogP contribution in [0.3, 0.4) is 0 Å². The van der Waals surface area contributed by atoms with Crippen LogP contribution in [0.2, 0.25) is 0 Å². The second kappa shape index (κ2) is 5.85. The summed E-state index contributed by atoms with van der Waals surface area (Å²) in [6, 6.07) is 15.5. The van der Waals surface area contributed by atoms with E-state index < -0.39 is 0 Å². The summed E-state index contributed by atoms with van der Waals surface area (Å²) in [5, 5.41) is 6.48. The summed E-state index contributed by atoms with van der Waals surface area (Å²) in [4.78, 5) is 23.6. The van der Waals surface area contributed by atoms with E-state index in [1.54, 1.807) is 12.4 Å². The second-order valence-electron chi connectivity index (χ2n) is 5.75. The molecule has 0 bridgehead atoms. The molecule has 0 amide bonds. The van der Waals surface area contributed by atoms with Crippen LogP contribution >= 0.6 is 0 Å². The average Bonchev–Trinajstić information content (AvgIpc) is 3.25. The second-order valence-corrected chi connectivity index (χ2v) is 5.75. The maximum atomic E-state index is 4.41. The van der Waals surface area contributed by atoms with Gasteiger partial charge < -0.3 is 20.6 Å².